The first-order chi connectivity index (χ1) is 9.87. The van der Waals surface area contributed by atoms with Gasteiger partial charge in [0.25, 0.3) is 0 Å². The van der Waals surface area contributed by atoms with Gasteiger partial charge in [0.15, 0.2) is 5.82 Å². The van der Waals surface area contributed by atoms with Gasteiger partial charge in [-0.15, -0.1) is 5.10 Å². The molecule has 112 valence electrons. The van der Waals surface area contributed by atoms with Crippen molar-refractivity contribution in [2.24, 2.45) is 0 Å². The van der Waals surface area contributed by atoms with Crippen LogP contribution in [0.3, 0.4) is 0 Å². The number of anilines is 2. The van der Waals surface area contributed by atoms with Crippen molar-refractivity contribution in [2.75, 3.05) is 11.9 Å². The molecule has 0 unspecified atom stereocenters. The summed E-state index contributed by atoms with van der Waals surface area (Å²) in [6.45, 7) is 6.95. The Labute approximate surface area is 125 Å². The Hall–Kier alpha value is -2.01. The first-order valence-corrected chi connectivity index (χ1v) is 6.93. The maximum atomic E-state index is 13.8. The van der Waals surface area contributed by atoms with E-state index in [2.05, 4.69) is 36.3 Å². The number of aromatic nitrogens is 2. The largest absolute Gasteiger partial charge is 0.326 e. The van der Waals surface area contributed by atoms with Crippen molar-refractivity contribution >= 4 is 11.5 Å². The quantitative estimate of drug-likeness (QED) is 0.937. The molecule has 0 aliphatic rings. The van der Waals surface area contributed by atoms with Crippen LogP contribution in [0.1, 0.15) is 26.5 Å². The smallest absolute Gasteiger partial charge is 0.155 e. The van der Waals surface area contributed by atoms with Crippen LogP contribution in [0.4, 0.5) is 15.9 Å². The van der Waals surface area contributed by atoms with E-state index in [9.17, 15) is 4.39 Å². The molecule has 5 heteroatoms. The van der Waals surface area contributed by atoms with Crippen molar-refractivity contribution in [1.82, 2.24) is 15.5 Å². The Morgan fingerprint density at radius 2 is 1.81 bits per heavy atom. The number of nitrogens with zero attached hydrogens (tertiary/aromatic N) is 3. The molecular weight excluding hydrogens is 267 g/mol. The lowest BCUT2D eigenvalue weighted by atomic mass is 10.1. The minimum atomic E-state index is -0.278. The zero-order chi connectivity index (χ0) is 15.5. The highest BCUT2D eigenvalue weighted by molar-refractivity contribution is 5.59. The summed E-state index contributed by atoms with van der Waals surface area (Å²) in [6, 6.07) is 10.4. The molecule has 0 saturated carbocycles. The molecule has 1 N–H and O–H groups in total. The third-order valence-corrected chi connectivity index (χ3v) is 3.06. The number of benzene rings is 1. The number of halogens is 1. The van der Waals surface area contributed by atoms with E-state index < -0.39 is 0 Å². The van der Waals surface area contributed by atoms with Crippen molar-refractivity contribution in [3.05, 3.63) is 47.9 Å². The van der Waals surface area contributed by atoms with Crippen molar-refractivity contribution < 1.29 is 4.39 Å². The van der Waals surface area contributed by atoms with Gasteiger partial charge in [0.1, 0.15) is 5.82 Å². The number of nitrogens with one attached hydrogen (secondary N) is 1. The highest BCUT2D eigenvalue weighted by Gasteiger charge is 2.12. The summed E-state index contributed by atoms with van der Waals surface area (Å²) >= 11 is 0. The predicted octanol–water partition coefficient (Wildman–Crippen LogP) is 3.27. The van der Waals surface area contributed by atoms with Gasteiger partial charge >= 0.3 is 0 Å². The Balaban J connectivity index is 2.10. The lowest BCUT2D eigenvalue weighted by Gasteiger charge is -2.21. The summed E-state index contributed by atoms with van der Waals surface area (Å²) in [6.07, 6.45) is 0. The molecule has 0 saturated heterocycles. The number of hydrogen-bond acceptors (Lipinski definition) is 4. The Kier molecular flexibility index (Phi) is 4.53. The lowest BCUT2D eigenvalue weighted by Crippen LogP contribution is -2.35. The minimum Gasteiger partial charge on any atom is -0.326 e. The van der Waals surface area contributed by atoms with Crippen molar-refractivity contribution in [2.45, 2.75) is 32.9 Å². The van der Waals surface area contributed by atoms with Gasteiger partial charge < -0.3 is 10.2 Å². The van der Waals surface area contributed by atoms with Crippen LogP contribution in [0.25, 0.3) is 0 Å². The Morgan fingerprint density at radius 3 is 2.38 bits per heavy atom. The van der Waals surface area contributed by atoms with Gasteiger partial charge in [0.2, 0.25) is 0 Å². The molecule has 0 spiro atoms. The molecule has 1 heterocycles. The van der Waals surface area contributed by atoms with Crippen molar-refractivity contribution in [3.63, 3.8) is 0 Å². The van der Waals surface area contributed by atoms with Crippen LogP contribution in [0.15, 0.2) is 36.4 Å². The third kappa shape index (κ3) is 4.23. The third-order valence-electron chi connectivity index (χ3n) is 3.06. The normalized spacial score (nSPS) is 11.5. The molecule has 1 aromatic heterocycles. The average Bonchev–Trinajstić information content (AvgIpc) is 2.45. The second-order valence-corrected chi connectivity index (χ2v) is 6.00. The van der Waals surface area contributed by atoms with Gasteiger partial charge in [-0.3, -0.25) is 0 Å². The Morgan fingerprint density at radius 1 is 1.10 bits per heavy atom. The maximum Gasteiger partial charge on any atom is 0.155 e. The molecule has 0 radical (unpaired) electrons. The summed E-state index contributed by atoms with van der Waals surface area (Å²) in [4.78, 5) is 1.68. The first kappa shape index (κ1) is 15.4. The molecule has 21 heavy (non-hydrogen) atoms. The average molecular weight is 288 g/mol. The number of rotatable bonds is 4. The highest BCUT2D eigenvalue weighted by Crippen LogP contribution is 2.23. The molecular formula is C16H21FN4. The van der Waals surface area contributed by atoms with Gasteiger partial charge in [-0.1, -0.05) is 12.1 Å². The number of hydrogen-bond donors (Lipinski definition) is 1. The minimum absolute atomic E-state index is 0.0321. The standard InChI is InChI=1S/C16H21FN4/c1-16(2,3)18-11-12-9-10-15(20-19-12)21(4)14-8-6-5-7-13(14)17/h5-10,18H,11H2,1-4H3. The highest BCUT2D eigenvalue weighted by atomic mass is 19.1. The molecule has 2 aromatic rings. The van der Waals surface area contributed by atoms with Gasteiger partial charge in [-0.05, 0) is 45.0 Å². The van der Waals surface area contributed by atoms with Crippen LogP contribution in [0, 0.1) is 5.82 Å². The van der Waals surface area contributed by atoms with Crippen molar-refractivity contribution in [3.8, 4) is 0 Å². The Bertz CT molecular complexity index is 590. The molecule has 0 bridgehead atoms. The molecule has 4 nitrogen and oxygen atoms in total. The van der Waals surface area contributed by atoms with E-state index >= 15 is 0 Å². The zero-order valence-electron chi connectivity index (χ0n) is 12.9. The monoisotopic (exact) mass is 288 g/mol. The first-order valence-electron chi connectivity index (χ1n) is 6.93. The zero-order valence-corrected chi connectivity index (χ0v) is 12.9. The molecule has 0 aliphatic heterocycles. The summed E-state index contributed by atoms with van der Waals surface area (Å²) in [7, 11) is 1.77. The second-order valence-electron chi connectivity index (χ2n) is 6.00. The molecule has 0 atom stereocenters. The van der Waals surface area contributed by atoms with E-state index in [4.69, 9.17) is 0 Å². The molecule has 0 fully saturated rings. The molecule has 0 aliphatic carbocycles. The van der Waals surface area contributed by atoms with E-state index in [1.165, 1.54) is 6.07 Å². The predicted molar refractivity (Wildman–Crippen MR) is 83.1 cm³/mol. The van der Waals surface area contributed by atoms with Crippen LogP contribution in [-0.4, -0.2) is 22.8 Å². The van der Waals surface area contributed by atoms with Gasteiger partial charge in [-0.25, -0.2) is 4.39 Å². The van der Waals surface area contributed by atoms with Crippen molar-refractivity contribution in [1.29, 1.82) is 0 Å². The second kappa shape index (κ2) is 6.18. The van der Waals surface area contributed by atoms with Crippen LogP contribution in [-0.2, 0) is 6.54 Å². The SMILES string of the molecule is CN(c1ccc(CNC(C)(C)C)nn1)c1ccccc1F. The van der Waals surface area contributed by atoms with E-state index in [0.29, 0.717) is 18.1 Å². The van der Waals surface area contributed by atoms with E-state index in [1.807, 2.05) is 12.1 Å². The molecule has 0 amide bonds. The fraction of sp³-hybridized carbons (Fsp3) is 0.375. The van der Waals surface area contributed by atoms with Gasteiger partial charge in [-0.2, -0.15) is 5.10 Å². The summed E-state index contributed by atoms with van der Waals surface area (Å²) in [5, 5.41) is 11.7. The fourth-order valence-corrected chi connectivity index (χ4v) is 1.83. The maximum absolute atomic E-state index is 13.8. The van der Waals surface area contributed by atoms with Gasteiger partial charge in [0, 0.05) is 19.1 Å². The van der Waals surface area contributed by atoms with E-state index in [1.54, 1.807) is 30.1 Å². The topological polar surface area (TPSA) is 41.0 Å². The van der Waals surface area contributed by atoms with E-state index in [0.717, 1.165) is 5.69 Å². The van der Waals surface area contributed by atoms with E-state index in [-0.39, 0.29) is 11.4 Å². The van der Waals surface area contributed by atoms with Gasteiger partial charge in [0.05, 0.1) is 11.4 Å². The molecule has 2 rings (SSSR count). The number of para-hydroxylation sites is 1. The fourth-order valence-electron chi connectivity index (χ4n) is 1.83. The van der Waals surface area contributed by atoms with Crippen LogP contribution in [0.2, 0.25) is 0 Å². The summed E-state index contributed by atoms with van der Waals surface area (Å²) in [5.41, 5.74) is 1.37. The summed E-state index contributed by atoms with van der Waals surface area (Å²) in [5.74, 6) is 0.333. The molecule has 1 aromatic carbocycles. The lowest BCUT2D eigenvalue weighted by molar-refractivity contribution is 0.420. The summed E-state index contributed by atoms with van der Waals surface area (Å²) < 4.78 is 13.8. The van der Waals surface area contributed by atoms with Crippen LogP contribution in [0.5, 0.6) is 0 Å². The van der Waals surface area contributed by atoms with Crippen LogP contribution >= 0.6 is 0 Å². The van der Waals surface area contributed by atoms with Crippen LogP contribution < -0.4 is 10.2 Å².